The van der Waals surface area contributed by atoms with Crippen molar-refractivity contribution in [2.24, 2.45) is 0 Å². The standard InChI is InChI=1S/C16H17NO3/c1-19-16(18)15-8-7-14(20-15)10-17-13-6-5-11-3-2-4-12(11)9-13/h5-9,17H,2-4,10H2,1H3. The summed E-state index contributed by atoms with van der Waals surface area (Å²) in [6.45, 7) is 0.551. The summed E-state index contributed by atoms with van der Waals surface area (Å²) in [6.07, 6.45) is 3.61. The van der Waals surface area contributed by atoms with Gasteiger partial charge in [0.15, 0.2) is 0 Å². The predicted molar refractivity (Wildman–Crippen MR) is 75.8 cm³/mol. The molecule has 104 valence electrons. The number of anilines is 1. The Balaban J connectivity index is 1.64. The summed E-state index contributed by atoms with van der Waals surface area (Å²) in [5, 5.41) is 3.32. The van der Waals surface area contributed by atoms with Crippen molar-refractivity contribution in [1.29, 1.82) is 0 Å². The highest BCUT2D eigenvalue weighted by Gasteiger charge is 2.12. The van der Waals surface area contributed by atoms with Crippen LogP contribution in [0.2, 0.25) is 0 Å². The summed E-state index contributed by atoms with van der Waals surface area (Å²) in [4.78, 5) is 11.3. The van der Waals surface area contributed by atoms with Crippen molar-refractivity contribution in [2.45, 2.75) is 25.8 Å². The van der Waals surface area contributed by atoms with Crippen molar-refractivity contribution in [2.75, 3.05) is 12.4 Å². The molecule has 0 saturated heterocycles. The molecule has 0 radical (unpaired) electrons. The van der Waals surface area contributed by atoms with Gasteiger partial charge in [-0.2, -0.15) is 0 Å². The topological polar surface area (TPSA) is 51.5 Å². The van der Waals surface area contributed by atoms with E-state index in [9.17, 15) is 4.79 Å². The Hall–Kier alpha value is -2.23. The largest absolute Gasteiger partial charge is 0.463 e. The van der Waals surface area contributed by atoms with Crippen molar-refractivity contribution < 1.29 is 13.9 Å². The van der Waals surface area contributed by atoms with Crippen LogP contribution < -0.4 is 5.32 Å². The minimum atomic E-state index is -0.450. The maximum Gasteiger partial charge on any atom is 0.373 e. The lowest BCUT2D eigenvalue weighted by molar-refractivity contribution is 0.0563. The van der Waals surface area contributed by atoms with Crippen molar-refractivity contribution in [1.82, 2.24) is 0 Å². The molecule has 1 aliphatic carbocycles. The zero-order valence-corrected chi connectivity index (χ0v) is 11.4. The van der Waals surface area contributed by atoms with Crippen LogP contribution in [0.1, 0.15) is 33.9 Å². The van der Waals surface area contributed by atoms with E-state index in [2.05, 4.69) is 28.3 Å². The third kappa shape index (κ3) is 2.54. The number of methoxy groups -OCH3 is 1. The van der Waals surface area contributed by atoms with Crippen LogP contribution in [0.4, 0.5) is 5.69 Å². The second-order valence-corrected chi connectivity index (χ2v) is 4.95. The summed E-state index contributed by atoms with van der Waals surface area (Å²) in [7, 11) is 1.34. The van der Waals surface area contributed by atoms with E-state index in [1.54, 1.807) is 12.1 Å². The van der Waals surface area contributed by atoms with Gasteiger partial charge in [-0.25, -0.2) is 4.79 Å². The van der Waals surface area contributed by atoms with E-state index in [0.29, 0.717) is 12.3 Å². The van der Waals surface area contributed by atoms with Crippen LogP contribution in [-0.2, 0) is 24.1 Å². The summed E-state index contributed by atoms with van der Waals surface area (Å²) in [5.74, 6) is 0.498. The number of furan rings is 1. The Labute approximate surface area is 117 Å². The van der Waals surface area contributed by atoms with E-state index >= 15 is 0 Å². The minimum absolute atomic E-state index is 0.234. The highest BCUT2D eigenvalue weighted by atomic mass is 16.5. The Morgan fingerprint density at radius 2 is 2.10 bits per heavy atom. The number of nitrogens with one attached hydrogen (secondary N) is 1. The normalized spacial score (nSPS) is 13.1. The molecule has 2 aromatic rings. The molecular formula is C16H17NO3. The monoisotopic (exact) mass is 271 g/mol. The Morgan fingerprint density at radius 3 is 2.95 bits per heavy atom. The summed E-state index contributed by atoms with van der Waals surface area (Å²) in [5.41, 5.74) is 3.98. The molecule has 1 aliphatic rings. The van der Waals surface area contributed by atoms with Crippen molar-refractivity contribution in [3.8, 4) is 0 Å². The maximum atomic E-state index is 11.3. The van der Waals surface area contributed by atoms with Crippen LogP contribution in [0, 0.1) is 0 Å². The van der Waals surface area contributed by atoms with Gasteiger partial charge in [-0.3, -0.25) is 0 Å². The van der Waals surface area contributed by atoms with E-state index in [4.69, 9.17) is 4.42 Å². The van der Waals surface area contributed by atoms with Crippen LogP contribution in [0.15, 0.2) is 34.7 Å². The van der Waals surface area contributed by atoms with Gasteiger partial charge in [0.25, 0.3) is 0 Å². The van der Waals surface area contributed by atoms with Crippen LogP contribution in [0.5, 0.6) is 0 Å². The van der Waals surface area contributed by atoms with Gasteiger partial charge in [0.1, 0.15) is 5.76 Å². The zero-order valence-electron chi connectivity index (χ0n) is 11.4. The lowest BCUT2D eigenvalue weighted by Gasteiger charge is -2.07. The molecule has 0 amide bonds. The molecule has 1 N–H and O–H groups in total. The quantitative estimate of drug-likeness (QED) is 0.868. The number of rotatable bonds is 4. The molecule has 3 rings (SSSR count). The first kappa shape index (κ1) is 12.8. The molecule has 1 heterocycles. The summed E-state index contributed by atoms with van der Waals surface area (Å²) in [6, 6.07) is 9.89. The number of benzene rings is 1. The number of ether oxygens (including phenoxy) is 1. The lowest BCUT2D eigenvalue weighted by atomic mass is 10.1. The highest BCUT2D eigenvalue weighted by molar-refractivity contribution is 5.86. The number of hydrogen-bond donors (Lipinski definition) is 1. The number of hydrogen-bond acceptors (Lipinski definition) is 4. The molecule has 4 heteroatoms. The number of carbonyl (C=O) groups excluding carboxylic acids is 1. The Bertz CT molecular complexity index is 630. The smallest absolute Gasteiger partial charge is 0.373 e. The Morgan fingerprint density at radius 1 is 1.25 bits per heavy atom. The molecule has 0 spiro atoms. The number of fused-ring (bicyclic) bond motifs is 1. The van der Waals surface area contributed by atoms with Gasteiger partial charge in [-0.1, -0.05) is 6.07 Å². The zero-order chi connectivity index (χ0) is 13.9. The van der Waals surface area contributed by atoms with Gasteiger partial charge >= 0.3 is 5.97 Å². The fourth-order valence-corrected chi connectivity index (χ4v) is 2.55. The molecule has 0 saturated carbocycles. The van der Waals surface area contributed by atoms with Crippen molar-refractivity contribution in [3.05, 3.63) is 53.0 Å². The molecule has 0 bridgehead atoms. The van der Waals surface area contributed by atoms with E-state index in [1.807, 2.05) is 0 Å². The number of carbonyl (C=O) groups is 1. The van der Waals surface area contributed by atoms with E-state index in [-0.39, 0.29) is 5.76 Å². The van der Waals surface area contributed by atoms with E-state index < -0.39 is 5.97 Å². The SMILES string of the molecule is COC(=O)c1ccc(CNc2ccc3c(c2)CCC3)o1. The third-order valence-corrected chi connectivity index (χ3v) is 3.61. The number of esters is 1. The Kier molecular flexibility index (Phi) is 3.46. The fourth-order valence-electron chi connectivity index (χ4n) is 2.55. The first-order valence-corrected chi connectivity index (χ1v) is 6.79. The van der Waals surface area contributed by atoms with E-state index in [0.717, 1.165) is 12.1 Å². The van der Waals surface area contributed by atoms with Crippen molar-refractivity contribution in [3.63, 3.8) is 0 Å². The summed E-state index contributed by atoms with van der Waals surface area (Å²) >= 11 is 0. The molecule has 0 aliphatic heterocycles. The second-order valence-electron chi connectivity index (χ2n) is 4.95. The molecule has 1 aromatic heterocycles. The molecule has 4 nitrogen and oxygen atoms in total. The van der Waals surface area contributed by atoms with Crippen molar-refractivity contribution >= 4 is 11.7 Å². The van der Waals surface area contributed by atoms with Crippen LogP contribution >= 0.6 is 0 Å². The molecule has 1 aromatic carbocycles. The first-order chi connectivity index (χ1) is 9.76. The predicted octanol–water partition coefficient (Wildman–Crippen LogP) is 3.17. The second kappa shape index (κ2) is 5.41. The average molecular weight is 271 g/mol. The van der Waals surface area contributed by atoms with Gasteiger partial charge in [0.2, 0.25) is 5.76 Å². The first-order valence-electron chi connectivity index (χ1n) is 6.79. The lowest BCUT2D eigenvalue weighted by Crippen LogP contribution is -2.00. The van der Waals surface area contributed by atoms with Gasteiger partial charge in [0.05, 0.1) is 13.7 Å². The molecule has 0 fully saturated rings. The van der Waals surface area contributed by atoms with Gasteiger partial charge < -0.3 is 14.5 Å². The molecule has 0 atom stereocenters. The van der Waals surface area contributed by atoms with Gasteiger partial charge in [-0.15, -0.1) is 0 Å². The summed E-state index contributed by atoms with van der Waals surface area (Å²) < 4.78 is 10.0. The van der Waals surface area contributed by atoms with Gasteiger partial charge in [-0.05, 0) is 54.7 Å². The van der Waals surface area contributed by atoms with Gasteiger partial charge in [0, 0.05) is 5.69 Å². The average Bonchev–Trinajstić information content (AvgIpc) is 3.12. The third-order valence-electron chi connectivity index (χ3n) is 3.61. The molecule has 20 heavy (non-hydrogen) atoms. The van der Waals surface area contributed by atoms with Crippen LogP contribution in [0.25, 0.3) is 0 Å². The molecule has 0 unspecified atom stereocenters. The number of aryl methyl sites for hydroxylation is 2. The van der Waals surface area contributed by atoms with Crippen LogP contribution in [-0.4, -0.2) is 13.1 Å². The van der Waals surface area contributed by atoms with E-state index in [1.165, 1.54) is 31.1 Å². The molecular weight excluding hydrogens is 254 g/mol. The minimum Gasteiger partial charge on any atom is -0.463 e. The highest BCUT2D eigenvalue weighted by Crippen LogP contribution is 2.25. The fraction of sp³-hybridized carbons (Fsp3) is 0.312. The maximum absolute atomic E-state index is 11.3. The van der Waals surface area contributed by atoms with Crippen LogP contribution in [0.3, 0.4) is 0 Å².